The highest BCUT2D eigenvalue weighted by atomic mass is 35.5. The summed E-state index contributed by atoms with van der Waals surface area (Å²) in [6.45, 7) is 1.53. The van der Waals surface area contributed by atoms with Crippen molar-refractivity contribution in [3.05, 3.63) is 47.4 Å². The summed E-state index contributed by atoms with van der Waals surface area (Å²) in [4.78, 5) is 19.1. The Hall–Kier alpha value is -1.74. The van der Waals surface area contributed by atoms with E-state index in [9.17, 15) is 4.79 Å². The Morgan fingerprint density at radius 3 is 2.81 bits per heavy atom. The topological polar surface area (TPSA) is 42.9 Å². The summed E-state index contributed by atoms with van der Waals surface area (Å²) in [5.41, 5.74) is 2.23. The van der Waals surface area contributed by atoms with E-state index in [1.54, 1.807) is 24.4 Å². The molecule has 1 heterocycles. The summed E-state index contributed by atoms with van der Waals surface area (Å²) in [5, 5.41) is 0.200. The van der Waals surface area contributed by atoms with Gasteiger partial charge in [-0.2, -0.15) is 0 Å². The van der Waals surface area contributed by atoms with Crippen LogP contribution in [0.4, 0.5) is 0 Å². The van der Waals surface area contributed by atoms with Gasteiger partial charge in [-0.25, -0.2) is 9.97 Å². The first-order chi connectivity index (χ1) is 7.66. The highest BCUT2D eigenvalue weighted by molar-refractivity contribution is 6.28. The Kier molecular flexibility index (Phi) is 2.97. The molecule has 2 aromatic rings. The van der Waals surface area contributed by atoms with Gasteiger partial charge in [0.15, 0.2) is 5.78 Å². The maximum Gasteiger partial charge on any atom is 0.222 e. The van der Waals surface area contributed by atoms with Crippen LogP contribution in [0.3, 0.4) is 0 Å². The van der Waals surface area contributed by atoms with Crippen molar-refractivity contribution in [3.8, 4) is 11.3 Å². The van der Waals surface area contributed by atoms with Crippen molar-refractivity contribution in [1.29, 1.82) is 0 Å². The fraction of sp³-hybridized carbons (Fsp3) is 0.0833. The van der Waals surface area contributed by atoms with Crippen molar-refractivity contribution in [2.24, 2.45) is 0 Å². The number of Topliss-reactive ketones (excluding diaryl/α,β-unsaturated/α-hetero) is 1. The molecule has 0 aliphatic rings. The summed E-state index contributed by atoms with van der Waals surface area (Å²) in [5.74, 6) is 0.0296. The number of halogens is 1. The number of aromatic nitrogens is 2. The number of carbonyl (C=O) groups is 1. The molecule has 0 bridgehead atoms. The van der Waals surface area contributed by atoms with Gasteiger partial charge in [0.05, 0.1) is 5.69 Å². The van der Waals surface area contributed by atoms with Crippen LogP contribution in [0.1, 0.15) is 17.3 Å². The number of ketones is 1. The molecule has 0 aliphatic heterocycles. The summed E-state index contributed by atoms with van der Waals surface area (Å²) < 4.78 is 0. The first kappa shape index (κ1) is 10.8. The third kappa shape index (κ3) is 2.25. The van der Waals surface area contributed by atoms with Crippen LogP contribution in [0.15, 0.2) is 36.5 Å². The lowest BCUT2D eigenvalue weighted by Gasteiger charge is -2.02. The van der Waals surface area contributed by atoms with Gasteiger partial charge in [0.2, 0.25) is 5.28 Å². The normalized spacial score (nSPS) is 10.1. The van der Waals surface area contributed by atoms with Crippen LogP contribution in [0.25, 0.3) is 11.3 Å². The molecule has 0 spiro atoms. The van der Waals surface area contributed by atoms with Crippen molar-refractivity contribution in [3.63, 3.8) is 0 Å². The fourth-order valence-corrected chi connectivity index (χ4v) is 1.54. The van der Waals surface area contributed by atoms with Gasteiger partial charge in [0.1, 0.15) is 0 Å². The molecule has 3 nitrogen and oxygen atoms in total. The van der Waals surface area contributed by atoms with Gasteiger partial charge in [-0.3, -0.25) is 4.79 Å². The molecule has 0 saturated carbocycles. The van der Waals surface area contributed by atoms with E-state index in [-0.39, 0.29) is 11.1 Å². The number of hydrogen-bond acceptors (Lipinski definition) is 3. The van der Waals surface area contributed by atoms with Crippen molar-refractivity contribution in [2.75, 3.05) is 0 Å². The zero-order chi connectivity index (χ0) is 11.5. The van der Waals surface area contributed by atoms with Crippen LogP contribution in [0, 0.1) is 0 Å². The highest BCUT2D eigenvalue weighted by Gasteiger charge is 2.04. The van der Waals surface area contributed by atoms with E-state index < -0.39 is 0 Å². The molecule has 16 heavy (non-hydrogen) atoms. The Balaban J connectivity index is 2.48. The van der Waals surface area contributed by atoms with E-state index in [1.165, 1.54) is 6.92 Å². The molecule has 0 radical (unpaired) electrons. The lowest BCUT2D eigenvalue weighted by molar-refractivity contribution is 0.101. The van der Waals surface area contributed by atoms with Crippen molar-refractivity contribution in [1.82, 2.24) is 9.97 Å². The largest absolute Gasteiger partial charge is 0.295 e. The molecular weight excluding hydrogens is 224 g/mol. The van der Waals surface area contributed by atoms with Crippen molar-refractivity contribution >= 4 is 17.4 Å². The second-order valence-corrected chi connectivity index (χ2v) is 3.69. The average Bonchev–Trinajstić information content (AvgIpc) is 2.29. The summed E-state index contributed by atoms with van der Waals surface area (Å²) in [6.07, 6.45) is 1.59. The predicted octanol–water partition coefficient (Wildman–Crippen LogP) is 3.00. The molecule has 0 N–H and O–H groups in total. The van der Waals surface area contributed by atoms with Crippen LogP contribution in [0.2, 0.25) is 5.28 Å². The lowest BCUT2D eigenvalue weighted by atomic mass is 10.1. The maximum absolute atomic E-state index is 11.2. The number of rotatable bonds is 2. The van der Waals surface area contributed by atoms with Crippen LogP contribution < -0.4 is 0 Å². The summed E-state index contributed by atoms with van der Waals surface area (Å²) >= 11 is 5.71. The minimum absolute atomic E-state index is 0.0296. The number of hydrogen-bond donors (Lipinski definition) is 0. The molecule has 4 heteroatoms. The number of benzene rings is 1. The molecule has 0 saturated heterocycles. The maximum atomic E-state index is 11.2. The molecule has 0 fully saturated rings. The van der Waals surface area contributed by atoms with E-state index in [0.717, 1.165) is 5.56 Å². The Labute approximate surface area is 98.1 Å². The van der Waals surface area contributed by atoms with E-state index in [2.05, 4.69) is 9.97 Å². The SMILES string of the molecule is CC(=O)c1cccc(-c2ccnc(Cl)n2)c1. The molecule has 0 atom stereocenters. The van der Waals surface area contributed by atoms with Gasteiger partial charge < -0.3 is 0 Å². The summed E-state index contributed by atoms with van der Waals surface area (Å²) in [6, 6.07) is 9.02. The van der Waals surface area contributed by atoms with Gasteiger partial charge in [0.25, 0.3) is 0 Å². The highest BCUT2D eigenvalue weighted by Crippen LogP contribution is 2.19. The molecule has 2 rings (SSSR count). The van der Waals surface area contributed by atoms with Crippen LogP contribution in [-0.4, -0.2) is 15.8 Å². The zero-order valence-corrected chi connectivity index (χ0v) is 9.40. The number of carbonyl (C=O) groups excluding carboxylic acids is 1. The molecule has 0 aliphatic carbocycles. The molecule has 0 unspecified atom stereocenters. The number of nitrogens with zero attached hydrogens (tertiary/aromatic N) is 2. The molecule has 80 valence electrons. The minimum atomic E-state index is 0.0296. The molecule has 1 aromatic carbocycles. The second-order valence-electron chi connectivity index (χ2n) is 3.35. The van der Waals surface area contributed by atoms with Crippen molar-refractivity contribution < 1.29 is 4.79 Å². The molecule has 0 amide bonds. The Bertz CT molecular complexity index is 540. The van der Waals surface area contributed by atoms with Gasteiger partial charge >= 0.3 is 0 Å². The van der Waals surface area contributed by atoms with Gasteiger partial charge in [-0.15, -0.1) is 0 Å². The average molecular weight is 233 g/mol. The summed E-state index contributed by atoms with van der Waals surface area (Å²) in [7, 11) is 0. The molecule has 1 aromatic heterocycles. The standard InChI is InChI=1S/C12H9ClN2O/c1-8(16)9-3-2-4-10(7-9)11-5-6-14-12(13)15-11/h2-7H,1H3. The van der Waals surface area contributed by atoms with E-state index >= 15 is 0 Å². The first-order valence-corrected chi connectivity index (χ1v) is 5.14. The van der Waals surface area contributed by atoms with E-state index in [1.807, 2.05) is 12.1 Å². The predicted molar refractivity (Wildman–Crippen MR) is 62.5 cm³/mol. The Morgan fingerprint density at radius 2 is 2.12 bits per heavy atom. The molecular formula is C12H9ClN2O. The third-order valence-electron chi connectivity index (χ3n) is 2.19. The van der Waals surface area contributed by atoms with E-state index in [4.69, 9.17) is 11.6 Å². The van der Waals surface area contributed by atoms with Gasteiger partial charge in [0, 0.05) is 17.3 Å². The zero-order valence-electron chi connectivity index (χ0n) is 8.64. The van der Waals surface area contributed by atoms with Gasteiger partial charge in [-0.1, -0.05) is 18.2 Å². The Morgan fingerprint density at radius 1 is 1.31 bits per heavy atom. The smallest absolute Gasteiger partial charge is 0.222 e. The van der Waals surface area contributed by atoms with E-state index in [0.29, 0.717) is 11.3 Å². The van der Waals surface area contributed by atoms with Gasteiger partial charge in [-0.05, 0) is 30.7 Å². The van der Waals surface area contributed by atoms with Crippen LogP contribution in [0.5, 0.6) is 0 Å². The lowest BCUT2D eigenvalue weighted by Crippen LogP contribution is -1.93. The fourth-order valence-electron chi connectivity index (χ4n) is 1.39. The second kappa shape index (κ2) is 4.41. The van der Waals surface area contributed by atoms with Crippen molar-refractivity contribution in [2.45, 2.75) is 6.92 Å². The monoisotopic (exact) mass is 232 g/mol. The first-order valence-electron chi connectivity index (χ1n) is 4.77. The minimum Gasteiger partial charge on any atom is -0.295 e. The quantitative estimate of drug-likeness (QED) is 0.591. The van der Waals surface area contributed by atoms with Crippen LogP contribution >= 0.6 is 11.6 Å². The van der Waals surface area contributed by atoms with Crippen LogP contribution in [-0.2, 0) is 0 Å². The third-order valence-corrected chi connectivity index (χ3v) is 2.37.